The number of anilines is 1. The molecule has 10 heteroatoms. The van der Waals surface area contributed by atoms with Gasteiger partial charge in [0, 0.05) is 29.4 Å². The van der Waals surface area contributed by atoms with E-state index in [2.05, 4.69) is 10.6 Å². The first kappa shape index (κ1) is 21.7. The number of aromatic hydroxyl groups is 2. The van der Waals surface area contributed by atoms with Gasteiger partial charge in [0.2, 0.25) is 17.7 Å². The Morgan fingerprint density at radius 1 is 1.09 bits per heavy atom. The molecule has 3 aliphatic rings. The number of nitrogens with one attached hydrogen (secondary N) is 2. The quantitative estimate of drug-likeness (QED) is 0.383. The summed E-state index contributed by atoms with van der Waals surface area (Å²) in [5.74, 6) is -3.54. The molecule has 2 fully saturated rings. The van der Waals surface area contributed by atoms with E-state index in [-0.39, 0.29) is 37.0 Å². The molecular formula is C23H22ClN3O6. The number of methoxy groups -OCH3 is 1. The first-order chi connectivity index (χ1) is 15.8. The van der Waals surface area contributed by atoms with Crippen molar-refractivity contribution in [2.24, 2.45) is 11.8 Å². The van der Waals surface area contributed by atoms with Gasteiger partial charge >= 0.3 is 0 Å². The second kappa shape index (κ2) is 7.72. The Bertz CT molecular complexity index is 1190. The smallest absolute Gasteiger partial charge is 0.250 e. The molecule has 4 atom stereocenters. The van der Waals surface area contributed by atoms with Crippen molar-refractivity contribution in [3.63, 3.8) is 0 Å². The second-order valence-electron chi connectivity index (χ2n) is 8.55. The molecule has 0 unspecified atom stereocenters. The lowest BCUT2D eigenvalue weighted by molar-refractivity contribution is -0.143. The van der Waals surface area contributed by atoms with Crippen molar-refractivity contribution in [2.45, 2.75) is 18.0 Å². The Morgan fingerprint density at radius 3 is 2.61 bits per heavy atom. The standard InChI is InChI=1S/C23H22ClN3O6/c1-33-7-6-27-20(30)18-15(8-11-2-5-16(28)17(29)9-11)26-23(19(18)21(27)31)13-10-12(24)3-4-14(13)25-22(23)32/h2-5,9-10,15,18-19,26,28-29H,6-8H2,1H3,(H,25,32)/t15-,18-,19+,23+/m1/s1. The molecule has 3 amide bonds. The van der Waals surface area contributed by atoms with Gasteiger partial charge in [0.1, 0.15) is 5.54 Å². The summed E-state index contributed by atoms with van der Waals surface area (Å²) in [5.41, 5.74) is 0.247. The van der Waals surface area contributed by atoms with Crippen LogP contribution in [0.2, 0.25) is 5.02 Å². The number of ether oxygens (including phenoxy) is 1. The van der Waals surface area contributed by atoms with Crippen LogP contribution in [-0.4, -0.2) is 59.1 Å². The fourth-order valence-corrected chi connectivity index (χ4v) is 5.53. The first-order valence-corrected chi connectivity index (χ1v) is 10.9. The van der Waals surface area contributed by atoms with Crippen LogP contribution < -0.4 is 10.6 Å². The molecule has 2 saturated heterocycles. The minimum atomic E-state index is -1.46. The molecule has 2 aromatic rings. The van der Waals surface area contributed by atoms with E-state index < -0.39 is 35.2 Å². The predicted molar refractivity (Wildman–Crippen MR) is 118 cm³/mol. The fourth-order valence-electron chi connectivity index (χ4n) is 5.36. The maximum Gasteiger partial charge on any atom is 0.250 e. The van der Waals surface area contributed by atoms with Crippen LogP contribution in [0.15, 0.2) is 36.4 Å². The highest BCUT2D eigenvalue weighted by atomic mass is 35.5. The summed E-state index contributed by atoms with van der Waals surface area (Å²) in [6.45, 7) is 0.274. The van der Waals surface area contributed by atoms with Crippen LogP contribution in [0.25, 0.3) is 0 Å². The van der Waals surface area contributed by atoms with Gasteiger partial charge in [0.25, 0.3) is 0 Å². The van der Waals surface area contributed by atoms with Crippen LogP contribution in [0.4, 0.5) is 5.69 Å². The van der Waals surface area contributed by atoms with Crippen LogP contribution in [0.1, 0.15) is 11.1 Å². The highest BCUT2D eigenvalue weighted by molar-refractivity contribution is 6.31. The van der Waals surface area contributed by atoms with Crippen molar-refractivity contribution in [1.29, 1.82) is 0 Å². The number of nitrogens with zero attached hydrogens (tertiary/aromatic N) is 1. The molecular weight excluding hydrogens is 450 g/mol. The highest BCUT2D eigenvalue weighted by Crippen LogP contribution is 2.53. The first-order valence-electron chi connectivity index (χ1n) is 10.5. The number of carbonyl (C=O) groups excluding carboxylic acids is 3. The van der Waals surface area contributed by atoms with Gasteiger partial charge < -0.3 is 20.3 Å². The van der Waals surface area contributed by atoms with Gasteiger partial charge in [-0.05, 0) is 42.3 Å². The summed E-state index contributed by atoms with van der Waals surface area (Å²) < 4.78 is 5.07. The van der Waals surface area contributed by atoms with Crippen LogP contribution in [0, 0.1) is 11.8 Å². The number of phenols is 2. The van der Waals surface area contributed by atoms with E-state index in [0.29, 0.717) is 21.8 Å². The summed E-state index contributed by atoms with van der Waals surface area (Å²) >= 11 is 6.24. The number of phenolic OH excluding ortho intramolecular Hbond substituents is 2. The highest BCUT2D eigenvalue weighted by Gasteiger charge is 2.70. The van der Waals surface area contributed by atoms with Crippen LogP contribution in [0.3, 0.4) is 0 Å². The van der Waals surface area contributed by atoms with E-state index in [4.69, 9.17) is 16.3 Å². The molecule has 1 spiro atoms. The maximum absolute atomic E-state index is 13.5. The van der Waals surface area contributed by atoms with Crippen molar-refractivity contribution < 1.29 is 29.3 Å². The predicted octanol–water partition coefficient (Wildman–Crippen LogP) is 1.36. The number of imide groups is 1. The maximum atomic E-state index is 13.5. The van der Waals surface area contributed by atoms with Gasteiger partial charge in [-0.25, -0.2) is 0 Å². The molecule has 0 saturated carbocycles. The average molecular weight is 472 g/mol. The molecule has 33 heavy (non-hydrogen) atoms. The number of amides is 3. The van der Waals surface area contributed by atoms with E-state index in [1.165, 1.54) is 24.1 Å². The molecule has 3 heterocycles. The summed E-state index contributed by atoms with van der Waals surface area (Å²) in [5, 5.41) is 26.1. The minimum Gasteiger partial charge on any atom is -0.504 e. The Balaban J connectivity index is 1.61. The van der Waals surface area contributed by atoms with Crippen LogP contribution in [0.5, 0.6) is 11.5 Å². The summed E-state index contributed by atoms with van der Waals surface area (Å²) in [6.07, 6.45) is 0.247. The molecule has 0 radical (unpaired) electrons. The van der Waals surface area contributed by atoms with E-state index in [1.807, 2.05) is 0 Å². The Labute approximate surface area is 194 Å². The molecule has 3 aliphatic heterocycles. The van der Waals surface area contributed by atoms with Gasteiger partial charge in [-0.15, -0.1) is 0 Å². The Hall–Kier alpha value is -3.14. The number of benzene rings is 2. The van der Waals surface area contributed by atoms with Crippen molar-refractivity contribution in [3.05, 3.63) is 52.5 Å². The van der Waals surface area contributed by atoms with Gasteiger partial charge in [0.15, 0.2) is 11.5 Å². The number of fused-ring (bicyclic) bond motifs is 4. The number of carbonyl (C=O) groups is 3. The number of hydrogen-bond acceptors (Lipinski definition) is 7. The molecule has 5 rings (SSSR count). The van der Waals surface area contributed by atoms with E-state index in [9.17, 15) is 24.6 Å². The summed E-state index contributed by atoms with van der Waals surface area (Å²) in [7, 11) is 1.48. The van der Waals surface area contributed by atoms with E-state index in [0.717, 1.165) is 0 Å². The zero-order valence-electron chi connectivity index (χ0n) is 17.7. The van der Waals surface area contributed by atoms with Gasteiger partial charge in [-0.2, -0.15) is 0 Å². The molecule has 9 nitrogen and oxygen atoms in total. The largest absolute Gasteiger partial charge is 0.504 e. The third kappa shape index (κ3) is 3.11. The van der Waals surface area contributed by atoms with Gasteiger partial charge in [-0.1, -0.05) is 17.7 Å². The second-order valence-corrected chi connectivity index (χ2v) is 8.99. The van der Waals surface area contributed by atoms with Gasteiger partial charge in [-0.3, -0.25) is 24.6 Å². The average Bonchev–Trinajstić information content (AvgIpc) is 3.34. The van der Waals surface area contributed by atoms with Crippen molar-refractivity contribution in [1.82, 2.24) is 10.2 Å². The van der Waals surface area contributed by atoms with Crippen molar-refractivity contribution in [3.8, 4) is 11.5 Å². The Kier molecular flexibility index (Phi) is 5.08. The minimum absolute atomic E-state index is 0.0913. The van der Waals surface area contributed by atoms with Crippen LogP contribution >= 0.6 is 11.6 Å². The lowest BCUT2D eigenvalue weighted by Gasteiger charge is -2.29. The van der Waals surface area contributed by atoms with Crippen molar-refractivity contribution >= 4 is 35.0 Å². The Morgan fingerprint density at radius 2 is 1.88 bits per heavy atom. The number of likely N-dealkylation sites (tertiary alicyclic amines) is 1. The third-order valence-corrected chi connectivity index (χ3v) is 7.02. The fraction of sp³-hybridized carbons (Fsp3) is 0.348. The zero-order chi connectivity index (χ0) is 23.5. The normalized spacial score (nSPS) is 27.9. The molecule has 0 aromatic heterocycles. The third-order valence-electron chi connectivity index (χ3n) is 6.78. The summed E-state index contributed by atoms with van der Waals surface area (Å²) in [4.78, 5) is 41.5. The molecule has 2 aromatic carbocycles. The topological polar surface area (TPSA) is 128 Å². The van der Waals surface area contributed by atoms with E-state index in [1.54, 1.807) is 24.3 Å². The lowest BCUT2D eigenvalue weighted by Crippen LogP contribution is -2.53. The number of halogens is 1. The zero-order valence-corrected chi connectivity index (χ0v) is 18.4. The molecule has 172 valence electrons. The van der Waals surface area contributed by atoms with Crippen LogP contribution in [-0.2, 0) is 31.1 Å². The van der Waals surface area contributed by atoms with Crippen molar-refractivity contribution in [2.75, 3.05) is 25.6 Å². The number of hydrogen-bond donors (Lipinski definition) is 4. The molecule has 4 N–H and O–H groups in total. The monoisotopic (exact) mass is 471 g/mol. The SMILES string of the molecule is COCCN1C(=O)[C@H]2[C@@H](C1=O)[C@]1(N[C@@H]2Cc2ccc(O)c(O)c2)C(=O)Nc2ccc(Cl)cc21. The molecule has 0 aliphatic carbocycles. The number of rotatable bonds is 5. The molecule has 0 bridgehead atoms. The lowest BCUT2D eigenvalue weighted by atomic mass is 9.76. The van der Waals surface area contributed by atoms with Gasteiger partial charge in [0.05, 0.1) is 25.0 Å². The summed E-state index contributed by atoms with van der Waals surface area (Å²) in [6, 6.07) is 8.77. The van der Waals surface area contributed by atoms with E-state index >= 15 is 0 Å².